The lowest BCUT2D eigenvalue weighted by atomic mass is 10.2. The van der Waals surface area contributed by atoms with Gasteiger partial charge in [-0.25, -0.2) is 18.4 Å². The van der Waals surface area contributed by atoms with Crippen LogP contribution in [0.2, 0.25) is 0 Å². The third-order valence-corrected chi connectivity index (χ3v) is 2.89. The normalized spacial score (nSPS) is 11.5. The average Bonchev–Trinajstić information content (AvgIpc) is 2.39. The van der Waals surface area contributed by atoms with Crippen molar-refractivity contribution < 1.29 is 18.3 Å². The van der Waals surface area contributed by atoms with Crippen molar-refractivity contribution in [1.82, 2.24) is 9.78 Å². The molecule has 0 atom stereocenters. The van der Waals surface area contributed by atoms with Crippen LogP contribution in [0, 0.1) is 6.92 Å². The first kappa shape index (κ1) is 13.5. The number of aryl methyl sites for hydroxylation is 2. The summed E-state index contributed by atoms with van der Waals surface area (Å²) in [5.41, 5.74) is 0.389. The lowest BCUT2D eigenvalue weighted by molar-refractivity contribution is 0.0697. The molecule has 1 aromatic rings. The summed E-state index contributed by atoms with van der Waals surface area (Å²) in [5.74, 6) is -1.14. The molecule has 0 aromatic carbocycles. The van der Waals surface area contributed by atoms with Crippen LogP contribution >= 0.6 is 0 Å². The molecule has 1 heterocycles. The Morgan fingerprint density at radius 3 is 2.65 bits per heavy atom. The quantitative estimate of drug-likeness (QED) is 0.632. The number of rotatable bonds is 5. The number of hydrogen-bond acceptors (Lipinski definition) is 5. The Balaban J connectivity index is 2.87. The van der Waals surface area contributed by atoms with Crippen LogP contribution in [0.15, 0.2) is 0 Å². The largest absolute Gasteiger partial charge is 0.477 e. The molecule has 9 heteroatoms. The van der Waals surface area contributed by atoms with Gasteiger partial charge in [0.2, 0.25) is 10.0 Å². The molecule has 0 amide bonds. The molecule has 1 rings (SSSR count). The molecule has 4 N–H and O–H groups in total. The molecule has 0 spiro atoms. The summed E-state index contributed by atoms with van der Waals surface area (Å²) in [4.78, 5) is 11.0. The number of anilines is 1. The summed E-state index contributed by atoms with van der Waals surface area (Å²) < 4.78 is 22.8. The van der Waals surface area contributed by atoms with Crippen LogP contribution in [0.4, 0.5) is 5.82 Å². The van der Waals surface area contributed by atoms with Gasteiger partial charge in [0, 0.05) is 13.6 Å². The molecule has 0 aliphatic rings. The number of sulfonamides is 1. The molecule has 0 aliphatic carbocycles. The summed E-state index contributed by atoms with van der Waals surface area (Å²) in [6.07, 6.45) is 0. The third kappa shape index (κ3) is 3.43. The number of carbonyl (C=O) groups is 1. The number of primary sulfonamides is 1. The molecule has 0 unspecified atom stereocenters. The highest BCUT2D eigenvalue weighted by atomic mass is 32.2. The summed E-state index contributed by atoms with van der Waals surface area (Å²) >= 11 is 0. The van der Waals surface area contributed by atoms with E-state index in [-0.39, 0.29) is 23.7 Å². The van der Waals surface area contributed by atoms with Gasteiger partial charge >= 0.3 is 5.97 Å². The van der Waals surface area contributed by atoms with E-state index in [9.17, 15) is 13.2 Å². The van der Waals surface area contributed by atoms with E-state index in [1.54, 1.807) is 14.0 Å². The molecule has 0 fully saturated rings. The lowest BCUT2D eigenvalue weighted by Crippen LogP contribution is -2.23. The molecule has 0 aliphatic heterocycles. The maximum Gasteiger partial charge on any atom is 0.341 e. The van der Waals surface area contributed by atoms with Crippen LogP contribution in [0.1, 0.15) is 16.1 Å². The van der Waals surface area contributed by atoms with Crippen molar-refractivity contribution >= 4 is 21.8 Å². The lowest BCUT2D eigenvalue weighted by Gasteiger charge is -2.06. The molecule has 0 saturated heterocycles. The van der Waals surface area contributed by atoms with E-state index in [1.165, 1.54) is 4.68 Å². The molecule has 0 bridgehead atoms. The first-order valence-corrected chi connectivity index (χ1v) is 6.45. The third-order valence-electron chi connectivity index (χ3n) is 2.12. The van der Waals surface area contributed by atoms with Gasteiger partial charge in [-0.2, -0.15) is 5.10 Å². The molecule has 0 radical (unpaired) electrons. The predicted octanol–water partition coefficient (Wildman–Crippen LogP) is -0.873. The molecule has 0 saturated carbocycles. The Bertz CT molecular complexity index is 534. The predicted molar refractivity (Wildman–Crippen MR) is 61.4 cm³/mol. The first-order chi connectivity index (χ1) is 7.72. The van der Waals surface area contributed by atoms with Crippen molar-refractivity contribution in [2.24, 2.45) is 12.2 Å². The highest BCUT2D eigenvalue weighted by Gasteiger charge is 2.19. The van der Waals surface area contributed by atoms with Crippen molar-refractivity contribution in [3.8, 4) is 0 Å². The Morgan fingerprint density at radius 1 is 1.59 bits per heavy atom. The minimum Gasteiger partial charge on any atom is -0.477 e. The average molecular weight is 262 g/mol. The second-order valence-corrected chi connectivity index (χ2v) is 5.27. The van der Waals surface area contributed by atoms with E-state index in [4.69, 9.17) is 10.2 Å². The van der Waals surface area contributed by atoms with Crippen molar-refractivity contribution in [2.45, 2.75) is 6.92 Å². The number of nitrogens with zero attached hydrogens (tertiary/aromatic N) is 2. The standard InChI is InChI=1S/C8H14N4O4S/c1-5-6(8(13)14)7(12(2)11-5)10-3-4-17(9,15)16/h10H,3-4H2,1-2H3,(H,13,14)(H2,9,15,16). The number of aromatic nitrogens is 2. The highest BCUT2D eigenvalue weighted by molar-refractivity contribution is 7.89. The second-order valence-electron chi connectivity index (χ2n) is 3.53. The van der Waals surface area contributed by atoms with E-state index < -0.39 is 16.0 Å². The Labute approximate surface area is 98.5 Å². The van der Waals surface area contributed by atoms with Crippen LogP contribution in [0.3, 0.4) is 0 Å². The molecule has 17 heavy (non-hydrogen) atoms. The Kier molecular flexibility index (Phi) is 3.73. The van der Waals surface area contributed by atoms with Gasteiger partial charge in [-0.15, -0.1) is 0 Å². The minimum atomic E-state index is -3.57. The Morgan fingerprint density at radius 2 is 2.18 bits per heavy atom. The smallest absolute Gasteiger partial charge is 0.341 e. The topological polar surface area (TPSA) is 127 Å². The maximum atomic E-state index is 11.0. The van der Waals surface area contributed by atoms with E-state index in [2.05, 4.69) is 10.4 Å². The molecule has 1 aromatic heterocycles. The van der Waals surface area contributed by atoms with Crippen molar-refractivity contribution in [2.75, 3.05) is 17.6 Å². The van der Waals surface area contributed by atoms with Crippen LogP contribution < -0.4 is 10.5 Å². The van der Waals surface area contributed by atoms with Crippen molar-refractivity contribution in [3.05, 3.63) is 11.3 Å². The first-order valence-electron chi connectivity index (χ1n) is 4.73. The highest BCUT2D eigenvalue weighted by Crippen LogP contribution is 2.18. The zero-order valence-corrected chi connectivity index (χ0v) is 10.3. The van der Waals surface area contributed by atoms with Crippen LogP contribution in [0.25, 0.3) is 0 Å². The van der Waals surface area contributed by atoms with Gasteiger partial charge in [0.1, 0.15) is 11.4 Å². The van der Waals surface area contributed by atoms with E-state index in [0.717, 1.165) is 0 Å². The molecule has 96 valence electrons. The van der Waals surface area contributed by atoms with Gasteiger partial charge in [-0.3, -0.25) is 4.68 Å². The fourth-order valence-electron chi connectivity index (χ4n) is 1.43. The molecule has 8 nitrogen and oxygen atoms in total. The summed E-state index contributed by atoms with van der Waals surface area (Å²) in [6, 6.07) is 0. The monoisotopic (exact) mass is 262 g/mol. The van der Waals surface area contributed by atoms with Crippen LogP contribution in [0.5, 0.6) is 0 Å². The number of aromatic carboxylic acids is 1. The number of nitrogens with two attached hydrogens (primary N) is 1. The summed E-state index contributed by atoms with van der Waals surface area (Å²) in [7, 11) is -2.00. The van der Waals surface area contributed by atoms with Gasteiger partial charge in [-0.05, 0) is 6.92 Å². The van der Waals surface area contributed by atoms with Gasteiger partial charge in [0.15, 0.2) is 0 Å². The van der Waals surface area contributed by atoms with E-state index in [1.807, 2.05) is 0 Å². The molecular weight excluding hydrogens is 248 g/mol. The van der Waals surface area contributed by atoms with Crippen molar-refractivity contribution in [1.29, 1.82) is 0 Å². The zero-order valence-electron chi connectivity index (χ0n) is 9.47. The Hall–Kier alpha value is -1.61. The van der Waals surface area contributed by atoms with Gasteiger partial charge < -0.3 is 10.4 Å². The van der Waals surface area contributed by atoms with E-state index in [0.29, 0.717) is 5.69 Å². The fourth-order valence-corrected chi connectivity index (χ4v) is 1.82. The number of nitrogens with one attached hydrogen (secondary N) is 1. The van der Waals surface area contributed by atoms with Gasteiger partial charge in [0.25, 0.3) is 0 Å². The summed E-state index contributed by atoms with van der Waals surface area (Å²) in [5, 5.41) is 20.5. The van der Waals surface area contributed by atoms with Gasteiger partial charge in [-0.1, -0.05) is 0 Å². The number of carboxylic acids is 1. The van der Waals surface area contributed by atoms with Crippen LogP contribution in [-0.4, -0.2) is 41.6 Å². The number of hydrogen-bond donors (Lipinski definition) is 3. The maximum absolute atomic E-state index is 11.0. The summed E-state index contributed by atoms with van der Waals surface area (Å²) in [6.45, 7) is 1.59. The second kappa shape index (κ2) is 4.72. The minimum absolute atomic E-state index is 0.0259. The fraction of sp³-hybridized carbons (Fsp3) is 0.500. The van der Waals surface area contributed by atoms with E-state index >= 15 is 0 Å². The molecular formula is C8H14N4O4S. The van der Waals surface area contributed by atoms with Gasteiger partial charge in [0.05, 0.1) is 11.4 Å². The van der Waals surface area contributed by atoms with Crippen molar-refractivity contribution in [3.63, 3.8) is 0 Å². The van der Waals surface area contributed by atoms with Crippen LogP contribution in [-0.2, 0) is 17.1 Å². The zero-order chi connectivity index (χ0) is 13.2. The number of carboxylic acid groups (broad SMARTS) is 1. The SMILES string of the molecule is Cc1nn(C)c(NCCS(N)(=O)=O)c1C(=O)O.